The number of benzene rings is 2. The maximum atomic E-state index is 12.2. The van der Waals surface area contributed by atoms with Gasteiger partial charge in [-0.25, -0.2) is 0 Å². The number of hydrogen-bond acceptors (Lipinski definition) is 2. The summed E-state index contributed by atoms with van der Waals surface area (Å²) >= 11 is 0. The SMILES string of the molecule is Cc1ccc(C(N)CS(=O)c2ccccc2)c(C)c1. The molecule has 0 bridgehead atoms. The molecule has 2 nitrogen and oxygen atoms in total. The molecule has 0 radical (unpaired) electrons. The van der Waals surface area contributed by atoms with Crippen molar-refractivity contribution in [1.82, 2.24) is 0 Å². The molecule has 3 heteroatoms. The topological polar surface area (TPSA) is 43.1 Å². The van der Waals surface area contributed by atoms with E-state index in [0.29, 0.717) is 5.75 Å². The van der Waals surface area contributed by atoms with E-state index in [0.717, 1.165) is 16.0 Å². The van der Waals surface area contributed by atoms with Crippen molar-refractivity contribution < 1.29 is 4.21 Å². The molecule has 2 rings (SSSR count). The van der Waals surface area contributed by atoms with Crippen molar-refractivity contribution in [2.45, 2.75) is 24.8 Å². The van der Waals surface area contributed by atoms with Gasteiger partial charge >= 0.3 is 0 Å². The monoisotopic (exact) mass is 273 g/mol. The van der Waals surface area contributed by atoms with Crippen LogP contribution in [0, 0.1) is 13.8 Å². The summed E-state index contributed by atoms with van der Waals surface area (Å²) in [5, 5.41) is 0. The van der Waals surface area contributed by atoms with Gasteiger partial charge in [-0.3, -0.25) is 4.21 Å². The highest BCUT2D eigenvalue weighted by Crippen LogP contribution is 2.19. The molecule has 0 amide bonds. The van der Waals surface area contributed by atoms with Crippen LogP contribution in [0.2, 0.25) is 0 Å². The van der Waals surface area contributed by atoms with Gasteiger partial charge in [-0.15, -0.1) is 0 Å². The van der Waals surface area contributed by atoms with Crippen LogP contribution in [-0.4, -0.2) is 9.96 Å². The summed E-state index contributed by atoms with van der Waals surface area (Å²) in [7, 11) is -1.05. The van der Waals surface area contributed by atoms with Crippen LogP contribution < -0.4 is 5.73 Å². The second-order valence-corrected chi connectivity index (χ2v) is 6.29. The second kappa shape index (κ2) is 6.13. The molecule has 0 aromatic heterocycles. The Morgan fingerprint density at radius 3 is 2.42 bits per heavy atom. The molecule has 0 aliphatic heterocycles. The van der Waals surface area contributed by atoms with Gasteiger partial charge in [0, 0.05) is 16.7 Å². The van der Waals surface area contributed by atoms with E-state index in [1.807, 2.05) is 49.4 Å². The largest absolute Gasteiger partial charge is 0.323 e. The zero-order chi connectivity index (χ0) is 13.8. The van der Waals surface area contributed by atoms with Crippen LogP contribution in [0.15, 0.2) is 53.4 Å². The molecule has 2 atom stereocenters. The molecule has 2 unspecified atom stereocenters. The van der Waals surface area contributed by atoms with Crippen LogP contribution in [0.3, 0.4) is 0 Å². The van der Waals surface area contributed by atoms with E-state index in [1.165, 1.54) is 5.56 Å². The minimum atomic E-state index is -1.05. The van der Waals surface area contributed by atoms with Gasteiger partial charge in [0.25, 0.3) is 0 Å². The van der Waals surface area contributed by atoms with Gasteiger partial charge in [0.2, 0.25) is 0 Å². The molecule has 0 saturated carbocycles. The van der Waals surface area contributed by atoms with Crippen molar-refractivity contribution >= 4 is 10.8 Å². The Morgan fingerprint density at radius 2 is 1.79 bits per heavy atom. The Morgan fingerprint density at radius 1 is 1.11 bits per heavy atom. The molecule has 2 aromatic carbocycles. The standard InChI is InChI=1S/C16H19NOS/c1-12-8-9-15(13(2)10-12)16(17)11-19(18)14-6-4-3-5-7-14/h3-10,16H,11,17H2,1-2H3. The lowest BCUT2D eigenvalue weighted by Gasteiger charge is -2.15. The lowest BCUT2D eigenvalue weighted by atomic mass is 10.0. The molecule has 0 aliphatic rings. The first-order valence-electron chi connectivity index (χ1n) is 6.34. The smallest absolute Gasteiger partial charge is 0.0548 e. The van der Waals surface area contributed by atoms with Gasteiger partial charge in [-0.1, -0.05) is 42.0 Å². The number of nitrogens with two attached hydrogens (primary N) is 1. The predicted molar refractivity (Wildman–Crippen MR) is 80.6 cm³/mol. The Labute approximate surface area is 117 Å². The summed E-state index contributed by atoms with van der Waals surface area (Å²) in [6.07, 6.45) is 0. The lowest BCUT2D eigenvalue weighted by molar-refractivity contribution is 0.675. The molecule has 0 saturated heterocycles. The molecule has 19 heavy (non-hydrogen) atoms. The van der Waals surface area contributed by atoms with Crippen LogP contribution in [0.5, 0.6) is 0 Å². The highest BCUT2D eigenvalue weighted by atomic mass is 32.2. The Kier molecular flexibility index (Phi) is 4.51. The highest BCUT2D eigenvalue weighted by molar-refractivity contribution is 7.85. The van der Waals surface area contributed by atoms with E-state index in [2.05, 4.69) is 13.0 Å². The summed E-state index contributed by atoms with van der Waals surface area (Å²) < 4.78 is 12.2. The first-order chi connectivity index (χ1) is 9.08. The second-order valence-electron chi connectivity index (χ2n) is 4.79. The van der Waals surface area contributed by atoms with Crippen molar-refractivity contribution in [3.05, 3.63) is 65.2 Å². The Hall–Kier alpha value is -1.45. The normalized spacial score (nSPS) is 14.1. The average molecular weight is 273 g/mol. The maximum Gasteiger partial charge on any atom is 0.0548 e. The molecule has 0 spiro atoms. The van der Waals surface area contributed by atoms with Gasteiger partial charge in [0.15, 0.2) is 0 Å². The number of rotatable bonds is 4. The molecule has 2 aromatic rings. The van der Waals surface area contributed by atoms with Gasteiger partial charge in [-0.2, -0.15) is 0 Å². The van der Waals surface area contributed by atoms with Gasteiger partial charge in [-0.05, 0) is 37.1 Å². The quantitative estimate of drug-likeness (QED) is 0.930. The zero-order valence-corrected chi connectivity index (χ0v) is 12.1. The fourth-order valence-corrected chi connectivity index (χ4v) is 3.32. The van der Waals surface area contributed by atoms with Crippen molar-refractivity contribution in [2.75, 3.05) is 5.75 Å². The fourth-order valence-electron chi connectivity index (χ4n) is 2.16. The first-order valence-corrected chi connectivity index (χ1v) is 7.66. The summed E-state index contributed by atoms with van der Waals surface area (Å²) in [4.78, 5) is 0.836. The van der Waals surface area contributed by atoms with E-state index in [-0.39, 0.29) is 6.04 Å². The van der Waals surface area contributed by atoms with Crippen LogP contribution in [0.1, 0.15) is 22.7 Å². The minimum Gasteiger partial charge on any atom is -0.323 e. The van der Waals surface area contributed by atoms with Gasteiger partial charge < -0.3 is 5.73 Å². The molecule has 0 fully saturated rings. The average Bonchev–Trinajstić information content (AvgIpc) is 2.39. The molecular formula is C16H19NOS. The molecule has 2 N–H and O–H groups in total. The van der Waals surface area contributed by atoms with Crippen LogP contribution in [0.25, 0.3) is 0 Å². The van der Waals surface area contributed by atoms with Gasteiger partial charge in [0.05, 0.1) is 10.8 Å². The highest BCUT2D eigenvalue weighted by Gasteiger charge is 2.13. The van der Waals surface area contributed by atoms with Crippen LogP contribution in [-0.2, 0) is 10.8 Å². The van der Waals surface area contributed by atoms with Crippen molar-refractivity contribution in [3.8, 4) is 0 Å². The lowest BCUT2D eigenvalue weighted by Crippen LogP contribution is -2.19. The zero-order valence-electron chi connectivity index (χ0n) is 11.3. The van der Waals surface area contributed by atoms with Gasteiger partial charge in [0.1, 0.15) is 0 Å². The molecule has 0 heterocycles. The third-order valence-electron chi connectivity index (χ3n) is 3.16. The summed E-state index contributed by atoms with van der Waals surface area (Å²) in [6, 6.07) is 15.5. The predicted octanol–water partition coefficient (Wildman–Crippen LogP) is 3.11. The van der Waals surface area contributed by atoms with E-state index in [4.69, 9.17) is 5.73 Å². The first kappa shape index (κ1) is 14.0. The molecule has 100 valence electrons. The fraction of sp³-hybridized carbons (Fsp3) is 0.250. The third-order valence-corrected chi connectivity index (χ3v) is 4.62. The Bertz CT molecular complexity index is 581. The van der Waals surface area contributed by atoms with Crippen LogP contribution >= 0.6 is 0 Å². The molecular weight excluding hydrogens is 254 g/mol. The number of hydrogen-bond donors (Lipinski definition) is 1. The van der Waals surface area contributed by atoms with E-state index in [1.54, 1.807) is 0 Å². The minimum absolute atomic E-state index is 0.193. The van der Waals surface area contributed by atoms with Crippen LogP contribution in [0.4, 0.5) is 0 Å². The molecule has 0 aliphatic carbocycles. The Balaban J connectivity index is 2.13. The summed E-state index contributed by atoms with van der Waals surface area (Å²) in [5.74, 6) is 0.452. The number of aryl methyl sites for hydroxylation is 2. The third kappa shape index (κ3) is 3.52. The van der Waals surface area contributed by atoms with E-state index < -0.39 is 10.8 Å². The van der Waals surface area contributed by atoms with E-state index >= 15 is 0 Å². The maximum absolute atomic E-state index is 12.2. The van der Waals surface area contributed by atoms with Crippen molar-refractivity contribution in [3.63, 3.8) is 0 Å². The van der Waals surface area contributed by atoms with Crippen molar-refractivity contribution in [1.29, 1.82) is 0 Å². The summed E-state index contributed by atoms with van der Waals surface area (Å²) in [5.41, 5.74) is 9.65. The van der Waals surface area contributed by atoms with Crippen molar-refractivity contribution in [2.24, 2.45) is 5.73 Å². The summed E-state index contributed by atoms with van der Waals surface area (Å²) in [6.45, 7) is 4.11. The van der Waals surface area contributed by atoms with E-state index in [9.17, 15) is 4.21 Å².